The van der Waals surface area contributed by atoms with E-state index < -0.39 is 0 Å². The third kappa shape index (κ3) is 4.87. The summed E-state index contributed by atoms with van der Waals surface area (Å²) in [6, 6.07) is 13.4. The minimum absolute atomic E-state index is 0.407. The number of thiocarbonyl (C=S) groups is 1. The number of piperidine rings is 1. The van der Waals surface area contributed by atoms with Crippen LogP contribution in [0.2, 0.25) is 10.0 Å². The van der Waals surface area contributed by atoms with Crippen LogP contribution >= 0.6 is 35.4 Å². The van der Waals surface area contributed by atoms with E-state index in [1.165, 1.54) is 12.8 Å². The van der Waals surface area contributed by atoms with E-state index in [0.717, 1.165) is 40.9 Å². The Hall–Kier alpha value is -1.29. The fourth-order valence-corrected chi connectivity index (χ4v) is 3.67. The second-order valence-electron chi connectivity index (χ2n) is 6.52. The van der Waals surface area contributed by atoms with E-state index in [-0.39, 0.29) is 0 Å². The van der Waals surface area contributed by atoms with E-state index >= 15 is 0 Å². The van der Waals surface area contributed by atoms with E-state index in [1.807, 2.05) is 36.4 Å². The molecule has 2 aromatic rings. The Kier molecular flexibility index (Phi) is 6.21. The number of halogens is 2. The molecular formula is C20H21Cl2NOS. The van der Waals surface area contributed by atoms with E-state index in [9.17, 15) is 0 Å². The molecule has 3 rings (SSSR count). The van der Waals surface area contributed by atoms with Gasteiger partial charge in [-0.3, -0.25) is 0 Å². The van der Waals surface area contributed by atoms with Gasteiger partial charge in [0.2, 0.25) is 0 Å². The fraction of sp³-hybridized carbons (Fsp3) is 0.350. The molecule has 1 fully saturated rings. The third-order valence-electron chi connectivity index (χ3n) is 4.58. The van der Waals surface area contributed by atoms with Gasteiger partial charge in [-0.2, -0.15) is 0 Å². The lowest BCUT2D eigenvalue weighted by atomic mass is 9.99. The van der Waals surface area contributed by atoms with Crippen LogP contribution in [0.4, 0.5) is 0 Å². The topological polar surface area (TPSA) is 12.5 Å². The maximum Gasteiger partial charge on any atom is 0.119 e. The molecular weight excluding hydrogens is 373 g/mol. The molecule has 0 unspecified atom stereocenters. The molecule has 0 bridgehead atoms. The Morgan fingerprint density at radius 3 is 2.44 bits per heavy atom. The largest absolute Gasteiger partial charge is 0.489 e. The van der Waals surface area contributed by atoms with Crippen molar-refractivity contribution in [2.75, 3.05) is 13.1 Å². The molecule has 1 saturated heterocycles. The Morgan fingerprint density at radius 1 is 1.12 bits per heavy atom. The van der Waals surface area contributed by atoms with Gasteiger partial charge in [0, 0.05) is 34.3 Å². The van der Waals surface area contributed by atoms with Crippen LogP contribution in [0.25, 0.3) is 0 Å². The van der Waals surface area contributed by atoms with Crippen molar-refractivity contribution in [2.45, 2.75) is 26.4 Å². The smallest absolute Gasteiger partial charge is 0.119 e. The summed E-state index contributed by atoms with van der Waals surface area (Å²) in [5.41, 5.74) is 1.98. The average molecular weight is 394 g/mol. The highest BCUT2D eigenvalue weighted by molar-refractivity contribution is 7.80. The summed E-state index contributed by atoms with van der Waals surface area (Å²) < 4.78 is 5.82. The lowest BCUT2D eigenvalue weighted by Gasteiger charge is -2.32. The van der Waals surface area contributed by atoms with Gasteiger partial charge in [0.1, 0.15) is 17.3 Å². The number of rotatable bonds is 4. The molecule has 1 aliphatic heterocycles. The quantitative estimate of drug-likeness (QED) is 0.592. The predicted octanol–water partition coefficient (Wildman–Crippen LogP) is 5.98. The molecule has 0 atom stereocenters. The van der Waals surface area contributed by atoms with Crippen molar-refractivity contribution in [2.24, 2.45) is 5.92 Å². The van der Waals surface area contributed by atoms with Gasteiger partial charge in [0.15, 0.2) is 0 Å². The zero-order chi connectivity index (χ0) is 17.8. The highest BCUT2D eigenvalue weighted by atomic mass is 35.5. The third-order valence-corrected chi connectivity index (χ3v) is 5.66. The SMILES string of the molecule is CC1CCN(C(=S)c2ccc(OCc3ccc(Cl)cc3Cl)cc2)CC1. The van der Waals surface area contributed by atoms with Gasteiger partial charge in [0.05, 0.1) is 0 Å². The first-order valence-corrected chi connectivity index (χ1v) is 9.65. The van der Waals surface area contributed by atoms with Gasteiger partial charge in [-0.05, 0) is 55.2 Å². The number of hydrogen-bond acceptors (Lipinski definition) is 2. The molecule has 0 spiro atoms. The Bertz CT molecular complexity index is 740. The summed E-state index contributed by atoms with van der Waals surface area (Å²) in [5, 5.41) is 1.24. The zero-order valence-corrected chi connectivity index (χ0v) is 16.5. The molecule has 25 heavy (non-hydrogen) atoms. The number of benzene rings is 2. The molecule has 0 saturated carbocycles. The van der Waals surface area contributed by atoms with Gasteiger partial charge < -0.3 is 9.64 Å². The Morgan fingerprint density at radius 2 is 1.80 bits per heavy atom. The molecule has 132 valence electrons. The maximum atomic E-state index is 6.17. The fourth-order valence-electron chi connectivity index (χ4n) is 2.89. The second kappa shape index (κ2) is 8.39. The molecule has 5 heteroatoms. The van der Waals surface area contributed by atoms with Crippen molar-refractivity contribution in [3.05, 3.63) is 63.6 Å². The Balaban J connectivity index is 1.59. The van der Waals surface area contributed by atoms with Crippen molar-refractivity contribution in [1.29, 1.82) is 0 Å². The Labute approximate surface area is 164 Å². The molecule has 0 aromatic heterocycles. The summed E-state index contributed by atoms with van der Waals surface area (Å²) in [6.45, 7) is 4.81. The van der Waals surface area contributed by atoms with Crippen molar-refractivity contribution in [1.82, 2.24) is 4.90 Å². The minimum Gasteiger partial charge on any atom is -0.489 e. The number of nitrogens with zero attached hydrogens (tertiary/aromatic N) is 1. The molecule has 0 aliphatic carbocycles. The van der Waals surface area contributed by atoms with Crippen LogP contribution in [-0.4, -0.2) is 23.0 Å². The monoisotopic (exact) mass is 393 g/mol. The van der Waals surface area contributed by atoms with E-state index in [0.29, 0.717) is 16.7 Å². The van der Waals surface area contributed by atoms with E-state index in [4.69, 9.17) is 40.2 Å². The minimum atomic E-state index is 0.407. The summed E-state index contributed by atoms with van der Waals surface area (Å²) in [6.07, 6.45) is 2.42. The van der Waals surface area contributed by atoms with Crippen LogP contribution in [0.3, 0.4) is 0 Å². The van der Waals surface area contributed by atoms with E-state index in [2.05, 4.69) is 11.8 Å². The number of likely N-dealkylation sites (tertiary alicyclic amines) is 1. The van der Waals surface area contributed by atoms with Crippen LogP contribution in [0.1, 0.15) is 30.9 Å². The highest BCUT2D eigenvalue weighted by Gasteiger charge is 2.18. The summed E-state index contributed by atoms with van der Waals surface area (Å²) in [5.74, 6) is 1.60. The van der Waals surface area contributed by atoms with Gasteiger partial charge in [-0.25, -0.2) is 0 Å². The summed E-state index contributed by atoms with van der Waals surface area (Å²) >= 11 is 17.7. The van der Waals surface area contributed by atoms with Crippen molar-refractivity contribution in [3.63, 3.8) is 0 Å². The summed E-state index contributed by atoms with van der Waals surface area (Å²) in [7, 11) is 0. The second-order valence-corrected chi connectivity index (χ2v) is 7.75. The maximum absolute atomic E-state index is 6.17. The van der Waals surface area contributed by atoms with Gasteiger partial charge in [-0.15, -0.1) is 0 Å². The van der Waals surface area contributed by atoms with E-state index in [1.54, 1.807) is 6.07 Å². The molecule has 2 nitrogen and oxygen atoms in total. The van der Waals surface area contributed by atoms with Crippen LogP contribution in [0, 0.1) is 5.92 Å². The first-order chi connectivity index (χ1) is 12.0. The first kappa shape index (κ1) is 18.5. The molecule has 0 N–H and O–H groups in total. The standard InChI is InChI=1S/C20H21Cl2NOS/c1-14-8-10-23(11-9-14)20(25)15-3-6-18(7-4-15)24-13-16-2-5-17(21)12-19(16)22/h2-7,12,14H,8-11,13H2,1H3. The lowest BCUT2D eigenvalue weighted by molar-refractivity contribution is 0.284. The normalized spacial score (nSPS) is 15.2. The molecule has 0 radical (unpaired) electrons. The lowest BCUT2D eigenvalue weighted by Crippen LogP contribution is -2.37. The van der Waals surface area contributed by atoms with Gasteiger partial charge >= 0.3 is 0 Å². The van der Waals surface area contributed by atoms with Gasteiger partial charge in [-0.1, -0.05) is 48.4 Å². The van der Waals surface area contributed by atoms with Crippen molar-refractivity contribution < 1.29 is 4.74 Å². The summed E-state index contributed by atoms with van der Waals surface area (Å²) in [4.78, 5) is 3.23. The molecule has 2 aromatic carbocycles. The highest BCUT2D eigenvalue weighted by Crippen LogP contribution is 2.24. The molecule has 0 amide bonds. The predicted molar refractivity (Wildman–Crippen MR) is 109 cm³/mol. The molecule has 1 aliphatic rings. The van der Waals surface area contributed by atoms with Crippen LogP contribution in [-0.2, 0) is 6.61 Å². The van der Waals surface area contributed by atoms with Crippen molar-refractivity contribution >= 4 is 40.4 Å². The van der Waals surface area contributed by atoms with Crippen LogP contribution in [0.5, 0.6) is 5.75 Å². The number of ether oxygens (including phenoxy) is 1. The van der Waals surface area contributed by atoms with Crippen molar-refractivity contribution in [3.8, 4) is 5.75 Å². The average Bonchev–Trinajstić information content (AvgIpc) is 2.61. The van der Waals surface area contributed by atoms with Crippen LogP contribution in [0.15, 0.2) is 42.5 Å². The van der Waals surface area contributed by atoms with Crippen LogP contribution < -0.4 is 4.74 Å². The number of hydrogen-bond donors (Lipinski definition) is 0. The first-order valence-electron chi connectivity index (χ1n) is 8.49. The van der Waals surface area contributed by atoms with Gasteiger partial charge in [0.25, 0.3) is 0 Å². The zero-order valence-electron chi connectivity index (χ0n) is 14.2. The molecule has 1 heterocycles.